The number of anilines is 1. The van der Waals surface area contributed by atoms with Gasteiger partial charge < -0.3 is 4.42 Å². The number of furan rings is 1. The molecule has 1 N–H and O–H groups in total. The molecule has 5 rings (SSSR count). The monoisotopic (exact) mass is 413 g/mol. The van der Waals surface area contributed by atoms with Crippen LogP contribution in [0.25, 0.3) is 28.4 Å². The van der Waals surface area contributed by atoms with Crippen LogP contribution in [0.5, 0.6) is 0 Å². The molecule has 0 aliphatic heterocycles. The molecule has 146 valence electrons. The maximum atomic E-state index is 13.1. The van der Waals surface area contributed by atoms with E-state index in [-0.39, 0.29) is 5.91 Å². The van der Waals surface area contributed by atoms with Crippen LogP contribution >= 0.6 is 11.3 Å². The second-order valence-corrected chi connectivity index (χ2v) is 7.23. The maximum Gasteiger partial charge on any atom is 0.276 e. The summed E-state index contributed by atoms with van der Waals surface area (Å²) in [6.45, 7) is 0. The van der Waals surface area contributed by atoms with Crippen LogP contribution in [0.15, 0.2) is 89.1 Å². The molecular formula is C22H15N5O2S. The van der Waals surface area contributed by atoms with Gasteiger partial charge in [-0.2, -0.15) is 5.10 Å². The Morgan fingerprint density at radius 3 is 2.70 bits per heavy atom. The second-order valence-electron chi connectivity index (χ2n) is 6.37. The lowest BCUT2D eigenvalue weighted by molar-refractivity contribution is 0.101. The van der Waals surface area contributed by atoms with E-state index in [1.807, 2.05) is 47.8 Å². The summed E-state index contributed by atoms with van der Waals surface area (Å²) in [5, 5.41) is 9.83. The minimum atomic E-state index is -0.309. The first-order valence-corrected chi connectivity index (χ1v) is 10.0. The Bertz CT molecular complexity index is 1280. The summed E-state index contributed by atoms with van der Waals surface area (Å²) in [4.78, 5) is 21.7. The smallest absolute Gasteiger partial charge is 0.276 e. The van der Waals surface area contributed by atoms with Gasteiger partial charge in [-0.1, -0.05) is 18.2 Å². The second kappa shape index (κ2) is 7.76. The van der Waals surface area contributed by atoms with E-state index in [9.17, 15) is 4.79 Å². The number of para-hydroxylation sites is 1. The lowest BCUT2D eigenvalue weighted by Gasteiger charge is -2.06. The molecule has 0 saturated carbocycles. The van der Waals surface area contributed by atoms with Crippen LogP contribution in [0.1, 0.15) is 10.5 Å². The Morgan fingerprint density at radius 1 is 1.03 bits per heavy atom. The van der Waals surface area contributed by atoms with Gasteiger partial charge in [-0.05, 0) is 36.4 Å². The first-order valence-electron chi connectivity index (χ1n) is 9.14. The van der Waals surface area contributed by atoms with Gasteiger partial charge in [0.1, 0.15) is 11.4 Å². The van der Waals surface area contributed by atoms with Crippen LogP contribution in [0.2, 0.25) is 0 Å². The van der Waals surface area contributed by atoms with E-state index in [0.29, 0.717) is 22.3 Å². The third-order valence-electron chi connectivity index (χ3n) is 4.40. The van der Waals surface area contributed by atoms with Gasteiger partial charge in [-0.25, -0.2) is 9.67 Å². The van der Waals surface area contributed by atoms with Crippen molar-refractivity contribution < 1.29 is 9.21 Å². The number of hydrogen-bond acceptors (Lipinski definition) is 6. The quantitative estimate of drug-likeness (QED) is 0.443. The van der Waals surface area contributed by atoms with Gasteiger partial charge in [-0.15, -0.1) is 11.3 Å². The van der Waals surface area contributed by atoms with Crippen LogP contribution in [-0.2, 0) is 0 Å². The minimum Gasteiger partial charge on any atom is -0.463 e. The topological polar surface area (TPSA) is 85.8 Å². The predicted molar refractivity (Wildman–Crippen MR) is 115 cm³/mol. The molecule has 1 amide bonds. The number of aromatic nitrogens is 4. The summed E-state index contributed by atoms with van der Waals surface area (Å²) in [5.74, 6) is 0.281. The summed E-state index contributed by atoms with van der Waals surface area (Å²) in [6, 6.07) is 18.5. The molecular weight excluding hydrogens is 398 g/mol. The highest BCUT2D eigenvalue weighted by Crippen LogP contribution is 2.26. The van der Waals surface area contributed by atoms with Gasteiger partial charge in [0.15, 0.2) is 10.9 Å². The van der Waals surface area contributed by atoms with E-state index in [1.165, 1.54) is 11.3 Å². The lowest BCUT2D eigenvalue weighted by atomic mass is 10.2. The van der Waals surface area contributed by atoms with E-state index >= 15 is 0 Å². The normalized spacial score (nSPS) is 10.8. The van der Waals surface area contributed by atoms with Crippen molar-refractivity contribution in [1.82, 2.24) is 19.7 Å². The molecule has 0 aliphatic rings. The van der Waals surface area contributed by atoms with Crippen molar-refractivity contribution in [2.24, 2.45) is 0 Å². The van der Waals surface area contributed by atoms with Crippen LogP contribution in [0.4, 0.5) is 5.13 Å². The number of nitrogens with one attached hydrogen (secondary N) is 1. The largest absolute Gasteiger partial charge is 0.463 e. The zero-order chi connectivity index (χ0) is 20.3. The highest BCUT2D eigenvalue weighted by molar-refractivity contribution is 7.14. The summed E-state index contributed by atoms with van der Waals surface area (Å²) in [5.41, 5.74) is 3.38. The Balaban J connectivity index is 1.47. The fourth-order valence-corrected chi connectivity index (χ4v) is 3.71. The minimum absolute atomic E-state index is 0.309. The molecule has 0 saturated heterocycles. The summed E-state index contributed by atoms with van der Waals surface area (Å²) < 4.78 is 7.05. The van der Waals surface area contributed by atoms with Crippen molar-refractivity contribution in [3.63, 3.8) is 0 Å². The Morgan fingerprint density at radius 2 is 1.93 bits per heavy atom. The summed E-state index contributed by atoms with van der Waals surface area (Å²) in [6.07, 6.45) is 5.02. The number of hydrogen-bond donors (Lipinski definition) is 1. The molecule has 4 heterocycles. The first-order chi connectivity index (χ1) is 14.8. The zero-order valence-electron chi connectivity index (χ0n) is 15.6. The molecule has 1 aromatic carbocycles. The molecule has 0 bridgehead atoms. The van der Waals surface area contributed by atoms with Crippen molar-refractivity contribution in [3.8, 4) is 28.4 Å². The van der Waals surface area contributed by atoms with Crippen molar-refractivity contribution in [3.05, 3.63) is 90.4 Å². The highest BCUT2D eigenvalue weighted by Gasteiger charge is 2.20. The zero-order valence-corrected chi connectivity index (χ0v) is 16.4. The van der Waals surface area contributed by atoms with Crippen LogP contribution < -0.4 is 5.32 Å². The van der Waals surface area contributed by atoms with E-state index < -0.39 is 0 Å². The van der Waals surface area contributed by atoms with Gasteiger partial charge in [0, 0.05) is 29.4 Å². The number of rotatable bonds is 5. The average molecular weight is 413 g/mol. The lowest BCUT2D eigenvalue weighted by Crippen LogP contribution is -2.16. The molecule has 0 spiro atoms. The number of carbonyl (C=O) groups excluding carboxylic acids is 1. The number of carbonyl (C=O) groups is 1. The summed E-state index contributed by atoms with van der Waals surface area (Å²) >= 11 is 1.35. The molecule has 4 aromatic heterocycles. The van der Waals surface area contributed by atoms with Gasteiger partial charge in [0.2, 0.25) is 0 Å². The Kier molecular flexibility index (Phi) is 4.66. The highest BCUT2D eigenvalue weighted by atomic mass is 32.1. The fourth-order valence-electron chi connectivity index (χ4n) is 2.99. The van der Waals surface area contributed by atoms with E-state index in [1.54, 1.807) is 41.5 Å². The molecule has 0 aliphatic carbocycles. The van der Waals surface area contributed by atoms with Gasteiger partial charge in [0.05, 0.1) is 17.6 Å². The molecule has 8 heteroatoms. The van der Waals surface area contributed by atoms with Crippen LogP contribution in [0, 0.1) is 0 Å². The van der Waals surface area contributed by atoms with Crippen molar-refractivity contribution in [1.29, 1.82) is 0 Å². The van der Waals surface area contributed by atoms with Crippen molar-refractivity contribution in [2.45, 2.75) is 0 Å². The third kappa shape index (κ3) is 3.51. The molecule has 0 fully saturated rings. The Hall–Kier alpha value is -4.04. The van der Waals surface area contributed by atoms with E-state index in [4.69, 9.17) is 4.42 Å². The van der Waals surface area contributed by atoms with Crippen molar-refractivity contribution >= 4 is 22.4 Å². The molecule has 5 aromatic rings. The summed E-state index contributed by atoms with van der Waals surface area (Å²) in [7, 11) is 0. The molecule has 7 nitrogen and oxygen atoms in total. The number of nitrogens with zero attached hydrogens (tertiary/aromatic N) is 4. The number of thiazole rings is 1. The van der Waals surface area contributed by atoms with Gasteiger partial charge >= 0.3 is 0 Å². The molecule has 0 unspecified atom stereocenters. The first kappa shape index (κ1) is 18.0. The third-order valence-corrected chi connectivity index (χ3v) is 5.16. The predicted octanol–water partition coefficient (Wildman–Crippen LogP) is 4.90. The Labute approximate surface area is 175 Å². The average Bonchev–Trinajstić information content (AvgIpc) is 3.55. The number of pyridine rings is 1. The SMILES string of the molecule is O=C(Nc1nc(-c2cccnc2)cs1)c1cc(-c2ccco2)nn1-c1ccccc1. The fraction of sp³-hybridized carbons (Fsp3) is 0. The number of benzene rings is 1. The van der Waals surface area contributed by atoms with E-state index in [2.05, 4.69) is 20.4 Å². The standard InChI is InChI=1S/C22H15N5O2S/c28-21(25-22-24-18(14-30-22)15-6-4-10-23-13-15)19-12-17(20-9-5-11-29-20)26-27(19)16-7-2-1-3-8-16/h1-14H,(H,24,25,28). The molecule has 30 heavy (non-hydrogen) atoms. The molecule has 0 atom stereocenters. The number of amides is 1. The van der Waals surface area contributed by atoms with Gasteiger partial charge in [-0.3, -0.25) is 15.1 Å². The van der Waals surface area contributed by atoms with Crippen LogP contribution in [0.3, 0.4) is 0 Å². The molecule has 0 radical (unpaired) electrons. The maximum absolute atomic E-state index is 13.1. The van der Waals surface area contributed by atoms with Crippen molar-refractivity contribution in [2.75, 3.05) is 5.32 Å². The van der Waals surface area contributed by atoms with Crippen LogP contribution in [-0.4, -0.2) is 25.7 Å². The van der Waals surface area contributed by atoms with E-state index in [0.717, 1.165) is 16.9 Å². The van der Waals surface area contributed by atoms with Gasteiger partial charge in [0.25, 0.3) is 5.91 Å².